The molecule has 16 aromatic carbocycles. The lowest BCUT2D eigenvalue weighted by Gasteiger charge is -2.18. The van der Waals surface area contributed by atoms with E-state index in [0.29, 0.717) is 0 Å². The second-order valence-electron chi connectivity index (χ2n) is 25.6. The number of rotatable bonds is 6. The molecule has 0 N–H and O–H groups in total. The van der Waals surface area contributed by atoms with Crippen LogP contribution >= 0.6 is 0 Å². The van der Waals surface area contributed by atoms with E-state index in [2.05, 4.69) is 340 Å². The van der Waals surface area contributed by atoms with Gasteiger partial charge in [0.1, 0.15) is 0 Å². The van der Waals surface area contributed by atoms with E-state index in [1.807, 2.05) is 0 Å². The van der Waals surface area contributed by atoms with Crippen LogP contribution in [0.2, 0.25) is 0 Å². The summed E-state index contributed by atoms with van der Waals surface area (Å²) in [5.74, 6) is 0.915. The van der Waals surface area contributed by atoms with Crippen molar-refractivity contribution >= 4 is 43.1 Å². The minimum atomic E-state index is 0.222. The molecule has 0 heteroatoms. The van der Waals surface area contributed by atoms with Crippen molar-refractivity contribution in [2.45, 2.75) is 23.7 Å². The van der Waals surface area contributed by atoms with Crippen LogP contribution in [0.3, 0.4) is 0 Å². The molecule has 20 rings (SSSR count). The molecule has 4 aliphatic rings. The van der Waals surface area contributed by atoms with Crippen LogP contribution in [-0.4, -0.2) is 0 Å². The molecule has 428 valence electrons. The number of hydrogen-bond donors (Lipinski definition) is 0. The van der Waals surface area contributed by atoms with Crippen LogP contribution in [0.1, 0.15) is 90.4 Å². The average molecular weight is 1170 g/mol. The van der Waals surface area contributed by atoms with Crippen molar-refractivity contribution in [2.24, 2.45) is 0 Å². The zero-order valence-corrected chi connectivity index (χ0v) is 50.6. The monoisotopic (exact) mass is 1160 g/mol. The predicted octanol–water partition coefficient (Wildman–Crippen LogP) is 24.0. The maximum atomic E-state index is 2.43. The Labute approximate surface area is 536 Å². The van der Waals surface area contributed by atoms with Gasteiger partial charge in [-0.15, -0.1) is 0 Å². The van der Waals surface area contributed by atoms with E-state index in [1.54, 1.807) is 0 Å². The normalized spacial score (nSPS) is 15.8. The highest BCUT2D eigenvalue weighted by molar-refractivity contribution is 5.96. The Hall–Kier alpha value is -11.4. The lowest BCUT2D eigenvalue weighted by atomic mass is 9.85. The van der Waals surface area contributed by atoms with Gasteiger partial charge in [-0.05, 0) is 201 Å². The molecular weight excluding hydrogens is 1110 g/mol. The molecule has 0 saturated carbocycles. The van der Waals surface area contributed by atoms with E-state index in [0.717, 1.165) is 0 Å². The second kappa shape index (κ2) is 21.1. The fraction of sp³-hybridized carbons (Fsp3) is 0.0435. The summed E-state index contributed by atoms with van der Waals surface area (Å²) in [6.45, 7) is 0. The molecule has 0 bridgehead atoms. The fourth-order valence-corrected chi connectivity index (χ4v) is 16.7. The SMILES string of the molecule is c1ccc2c(c1)-c1cc(-c3ccc4c(c3)-c3ccccc3C4c3ccc4ccccc4c3)ccc1C2c1ccc2ccccc2c1.c1ccc2c(c1)-c1cc(-c3ccc4c(c3)-c3ccccc3C4c3cccc4ccccc34)ccc1C2c1cccc2ccccc12. The maximum Gasteiger partial charge on any atom is 0.0358 e. The maximum absolute atomic E-state index is 2.43. The van der Waals surface area contributed by atoms with Gasteiger partial charge in [-0.1, -0.05) is 315 Å². The van der Waals surface area contributed by atoms with Crippen molar-refractivity contribution in [3.8, 4) is 66.8 Å². The zero-order chi connectivity index (χ0) is 60.4. The highest BCUT2D eigenvalue weighted by Gasteiger charge is 2.35. The standard InChI is InChI=1S/2C46H30/c1-3-15-33-29(11-1)13-9-21-37(33)45-39-19-7-5-17-35(39)43-27-31(23-25-41(43)45)32-24-26-42-44(28-32)36-18-6-8-20-40(36)46(42)38-22-10-14-30-12-2-4-16-34(30)38;1-3-11-31-25-35(19-17-29(31)9-1)45-39-15-7-5-13-37(39)43-27-33(21-23-41(43)45)34-22-24-42-44(28-34)38-14-6-8-16-40(38)46(42)36-20-18-30-10-2-4-12-32(30)26-36/h2*1-28,45-46H. The van der Waals surface area contributed by atoms with Gasteiger partial charge in [-0.3, -0.25) is 0 Å². The summed E-state index contributed by atoms with van der Waals surface area (Å²) in [5, 5.41) is 10.4. The first kappa shape index (κ1) is 52.5. The van der Waals surface area contributed by atoms with E-state index in [1.165, 1.54) is 177 Å². The molecule has 16 aromatic rings. The lowest BCUT2D eigenvalue weighted by molar-refractivity contribution is 1.02. The summed E-state index contributed by atoms with van der Waals surface area (Å²) in [7, 11) is 0. The highest BCUT2D eigenvalue weighted by atomic mass is 14.4. The first-order valence-corrected chi connectivity index (χ1v) is 32.5. The van der Waals surface area contributed by atoms with Crippen LogP contribution < -0.4 is 0 Å². The number of benzene rings is 16. The van der Waals surface area contributed by atoms with Gasteiger partial charge < -0.3 is 0 Å². The number of hydrogen-bond acceptors (Lipinski definition) is 0. The minimum Gasteiger partial charge on any atom is -0.0619 e. The molecule has 0 amide bonds. The molecule has 0 radical (unpaired) electrons. The summed E-state index contributed by atoms with van der Waals surface area (Å²) in [5.41, 5.74) is 32.5. The zero-order valence-electron chi connectivity index (χ0n) is 50.6. The van der Waals surface area contributed by atoms with Crippen LogP contribution in [-0.2, 0) is 0 Å². The van der Waals surface area contributed by atoms with E-state index < -0.39 is 0 Å². The van der Waals surface area contributed by atoms with Crippen LogP contribution in [0, 0.1) is 0 Å². The summed E-state index contributed by atoms with van der Waals surface area (Å²) in [6, 6.07) is 127. The molecule has 0 aliphatic heterocycles. The molecule has 0 heterocycles. The van der Waals surface area contributed by atoms with E-state index in [9.17, 15) is 0 Å². The van der Waals surface area contributed by atoms with Crippen molar-refractivity contribution in [1.82, 2.24) is 0 Å². The topological polar surface area (TPSA) is 0 Å². The molecule has 0 nitrogen and oxygen atoms in total. The van der Waals surface area contributed by atoms with Crippen LogP contribution in [0.25, 0.3) is 110 Å². The molecule has 4 unspecified atom stereocenters. The Balaban J connectivity index is 0.000000132. The third-order valence-corrected chi connectivity index (χ3v) is 20.9. The molecule has 0 saturated heterocycles. The molecule has 0 spiro atoms. The fourth-order valence-electron chi connectivity index (χ4n) is 16.7. The largest absolute Gasteiger partial charge is 0.0619 e. The Morgan fingerprint density at radius 1 is 0.141 bits per heavy atom. The third kappa shape index (κ3) is 8.30. The summed E-state index contributed by atoms with van der Waals surface area (Å²) < 4.78 is 0. The predicted molar refractivity (Wildman–Crippen MR) is 385 cm³/mol. The van der Waals surface area contributed by atoms with Gasteiger partial charge in [0.15, 0.2) is 0 Å². The molecular formula is C92H60. The van der Waals surface area contributed by atoms with Crippen molar-refractivity contribution in [2.75, 3.05) is 0 Å². The second-order valence-corrected chi connectivity index (χ2v) is 25.6. The Kier molecular flexibility index (Phi) is 12.0. The first-order chi connectivity index (χ1) is 45.6. The Morgan fingerprint density at radius 2 is 0.402 bits per heavy atom. The molecule has 0 fully saturated rings. The molecule has 0 aromatic heterocycles. The van der Waals surface area contributed by atoms with Crippen molar-refractivity contribution in [1.29, 1.82) is 0 Å². The smallest absolute Gasteiger partial charge is 0.0358 e. The highest BCUT2D eigenvalue weighted by Crippen LogP contribution is 2.55. The quantitative estimate of drug-likeness (QED) is 0.156. The van der Waals surface area contributed by atoms with Crippen LogP contribution in [0.15, 0.2) is 340 Å². The van der Waals surface area contributed by atoms with E-state index >= 15 is 0 Å². The third-order valence-electron chi connectivity index (χ3n) is 20.9. The Morgan fingerprint density at radius 3 is 0.772 bits per heavy atom. The summed E-state index contributed by atoms with van der Waals surface area (Å²) in [4.78, 5) is 0. The summed E-state index contributed by atoms with van der Waals surface area (Å²) >= 11 is 0. The van der Waals surface area contributed by atoms with Crippen molar-refractivity contribution < 1.29 is 0 Å². The van der Waals surface area contributed by atoms with Gasteiger partial charge in [0.25, 0.3) is 0 Å². The summed E-state index contributed by atoms with van der Waals surface area (Å²) in [6.07, 6.45) is 0. The molecule has 4 aliphatic carbocycles. The van der Waals surface area contributed by atoms with Gasteiger partial charge in [0.2, 0.25) is 0 Å². The van der Waals surface area contributed by atoms with Crippen LogP contribution in [0.5, 0.6) is 0 Å². The molecule has 4 atom stereocenters. The van der Waals surface area contributed by atoms with E-state index in [-0.39, 0.29) is 23.7 Å². The van der Waals surface area contributed by atoms with Crippen molar-refractivity contribution in [3.05, 3.63) is 406 Å². The van der Waals surface area contributed by atoms with Gasteiger partial charge in [0, 0.05) is 23.7 Å². The van der Waals surface area contributed by atoms with Crippen molar-refractivity contribution in [3.63, 3.8) is 0 Å². The van der Waals surface area contributed by atoms with Gasteiger partial charge in [0.05, 0.1) is 0 Å². The van der Waals surface area contributed by atoms with Gasteiger partial charge in [-0.2, -0.15) is 0 Å². The number of fused-ring (bicyclic) bond motifs is 16. The minimum absolute atomic E-state index is 0.222. The lowest BCUT2D eigenvalue weighted by Crippen LogP contribution is -2.00. The first-order valence-electron chi connectivity index (χ1n) is 32.5. The van der Waals surface area contributed by atoms with Crippen LogP contribution in [0.4, 0.5) is 0 Å². The van der Waals surface area contributed by atoms with E-state index in [4.69, 9.17) is 0 Å². The van der Waals surface area contributed by atoms with Gasteiger partial charge in [-0.25, -0.2) is 0 Å². The molecule has 92 heavy (non-hydrogen) atoms. The van der Waals surface area contributed by atoms with Gasteiger partial charge >= 0.3 is 0 Å². The average Bonchev–Trinajstić information content (AvgIpc) is 1.62. The Bertz CT molecular complexity index is 5340.